The summed E-state index contributed by atoms with van der Waals surface area (Å²) in [5, 5.41) is 0.985. The fraction of sp³-hybridized carbons (Fsp3) is 0.100. The van der Waals surface area contributed by atoms with E-state index in [1.54, 1.807) is 18.0 Å². The predicted octanol–water partition coefficient (Wildman–Crippen LogP) is 2.58. The monoisotopic (exact) mass is 201 g/mol. The van der Waals surface area contributed by atoms with Crippen LogP contribution in [0.3, 0.4) is 0 Å². The lowest BCUT2D eigenvalue weighted by molar-refractivity contribution is 1.42. The Bertz CT molecular complexity index is 474. The molecule has 2 aliphatic heterocycles. The summed E-state index contributed by atoms with van der Waals surface area (Å²) in [6, 6.07) is 7.87. The molecule has 0 atom stereocenters. The van der Waals surface area contributed by atoms with Gasteiger partial charge in [-0.1, -0.05) is 23.9 Å². The van der Waals surface area contributed by atoms with Gasteiger partial charge < -0.3 is 0 Å². The van der Waals surface area contributed by atoms with Gasteiger partial charge in [0.15, 0.2) is 0 Å². The van der Waals surface area contributed by atoms with Crippen LogP contribution in [-0.4, -0.2) is 22.8 Å². The van der Waals surface area contributed by atoms with Crippen molar-refractivity contribution in [2.24, 2.45) is 15.0 Å². The molecule has 1 aromatic rings. The molecule has 14 heavy (non-hydrogen) atoms. The molecule has 0 bridgehead atoms. The Balaban J connectivity index is 2.22. The van der Waals surface area contributed by atoms with Gasteiger partial charge in [0.25, 0.3) is 0 Å². The van der Waals surface area contributed by atoms with E-state index in [1.807, 2.05) is 24.3 Å². The van der Waals surface area contributed by atoms with E-state index in [4.69, 9.17) is 0 Å². The molecular weight excluding hydrogens is 194 g/mol. The SMILES string of the molecule is C1=Nc2ccccc2N=C2SCN=C12. The van der Waals surface area contributed by atoms with Gasteiger partial charge in [-0.05, 0) is 12.1 Å². The second kappa shape index (κ2) is 3.06. The van der Waals surface area contributed by atoms with Crippen LogP contribution in [0.4, 0.5) is 11.4 Å². The van der Waals surface area contributed by atoms with Crippen molar-refractivity contribution in [3.63, 3.8) is 0 Å². The fourth-order valence-electron chi connectivity index (χ4n) is 1.40. The third-order valence-electron chi connectivity index (χ3n) is 2.08. The van der Waals surface area contributed by atoms with Crippen LogP contribution in [0.5, 0.6) is 0 Å². The quantitative estimate of drug-likeness (QED) is 0.635. The van der Waals surface area contributed by atoms with E-state index in [-0.39, 0.29) is 0 Å². The largest absolute Gasteiger partial charge is 0.270 e. The molecule has 0 spiro atoms. The Morgan fingerprint density at radius 1 is 1.14 bits per heavy atom. The first-order chi connectivity index (χ1) is 6.93. The maximum Gasteiger partial charge on any atom is 0.125 e. The molecule has 0 fully saturated rings. The molecule has 0 saturated heterocycles. The normalized spacial score (nSPS) is 18.0. The summed E-state index contributed by atoms with van der Waals surface area (Å²) in [7, 11) is 0. The average molecular weight is 201 g/mol. The van der Waals surface area contributed by atoms with Crippen molar-refractivity contribution in [1.29, 1.82) is 0 Å². The minimum absolute atomic E-state index is 0.766. The Labute approximate surface area is 85.7 Å². The smallest absolute Gasteiger partial charge is 0.125 e. The van der Waals surface area contributed by atoms with Gasteiger partial charge >= 0.3 is 0 Å². The van der Waals surface area contributed by atoms with E-state index in [9.17, 15) is 0 Å². The van der Waals surface area contributed by atoms with E-state index < -0.39 is 0 Å². The van der Waals surface area contributed by atoms with Gasteiger partial charge in [-0.15, -0.1) is 0 Å². The molecule has 3 rings (SSSR count). The summed E-state index contributed by atoms with van der Waals surface area (Å²) in [5.74, 6) is 0.766. The summed E-state index contributed by atoms with van der Waals surface area (Å²) in [6.07, 6.45) is 1.80. The first-order valence-electron chi connectivity index (χ1n) is 4.33. The molecule has 3 nitrogen and oxygen atoms in total. The van der Waals surface area contributed by atoms with Crippen molar-refractivity contribution in [3.8, 4) is 0 Å². The van der Waals surface area contributed by atoms with E-state index in [2.05, 4.69) is 15.0 Å². The second-order valence-electron chi connectivity index (χ2n) is 2.98. The van der Waals surface area contributed by atoms with Gasteiger partial charge in [-0.25, -0.2) is 4.99 Å². The van der Waals surface area contributed by atoms with Crippen LogP contribution >= 0.6 is 11.8 Å². The second-order valence-corrected chi connectivity index (χ2v) is 3.91. The van der Waals surface area contributed by atoms with Crippen molar-refractivity contribution < 1.29 is 0 Å². The van der Waals surface area contributed by atoms with Gasteiger partial charge in [-0.2, -0.15) is 0 Å². The molecule has 0 saturated carbocycles. The van der Waals surface area contributed by atoms with E-state index >= 15 is 0 Å². The van der Waals surface area contributed by atoms with Crippen LogP contribution in [0.25, 0.3) is 0 Å². The van der Waals surface area contributed by atoms with Crippen LogP contribution in [0.2, 0.25) is 0 Å². The highest BCUT2D eigenvalue weighted by atomic mass is 32.2. The minimum Gasteiger partial charge on any atom is -0.270 e. The van der Waals surface area contributed by atoms with E-state index in [0.717, 1.165) is 28.0 Å². The topological polar surface area (TPSA) is 37.1 Å². The van der Waals surface area contributed by atoms with Crippen LogP contribution in [0, 0.1) is 0 Å². The molecule has 0 aromatic heterocycles. The van der Waals surface area contributed by atoms with Crippen molar-refractivity contribution in [2.75, 3.05) is 5.88 Å². The summed E-state index contributed by atoms with van der Waals surface area (Å²) >= 11 is 1.66. The zero-order valence-corrected chi connectivity index (χ0v) is 8.16. The van der Waals surface area contributed by atoms with Crippen molar-refractivity contribution in [1.82, 2.24) is 0 Å². The van der Waals surface area contributed by atoms with Gasteiger partial charge in [0.05, 0.1) is 23.5 Å². The number of hydrogen-bond donors (Lipinski definition) is 0. The summed E-state index contributed by atoms with van der Waals surface area (Å²) in [5.41, 5.74) is 2.75. The first kappa shape index (κ1) is 7.94. The fourth-order valence-corrected chi connectivity index (χ4v) is 2.15. The predicted molar refractivity (Wildman–Crippen MR) is 61.6 cm³/mol. The Morgan fingerprint density at radius 3 is 2.93 bits per heavy atom. The van der Waals surface area contributed by atoms with Crippen LogP contribution in [0.15, 0.2) is 39.2 Å². The lowest BCUT2D eigenvalue weighted by Crippen LogP contribution is -2.05. The number of aliphatic imine (C=N–C) groups is 3. The molecule has 0 unspecified atom stereocenters. The Hall–Kier alpha value is -1.42. The lowest BCUT2D eigenvalue weighted by atomic mass is 10.3. The average Bonchev–Trinajstić information content (AvgIpc) is 2.58. The van der Waals surface area contributed by atoms with Gasteiger partial charge in [0.1, 0.15) is 10.8 Å². The molecule has 68 valence electrons. The zero-order valence-electron chi connectivity index (χ0n) is 7.34. The molecule has 0 amide bonds. The number of rotatable bonds is 0. The summed E-state index contributed by atoms with van der Waals surface area (Å²) < 4.78 is 0. The lowest BCUT2D eigenvalue weighted by Gasteiger charge is -1.96. The number of para-hydroxylation sites is 2. The molecule has 1 aromatic carbocycles. The van der Waals surface area contributed by atoms with Crippen molar-refractivity contribution in [3.05, 3.63) is 24.3 Å². The maximum absolute atomic E-state index is 4.52. The number of thioether (sulfide) groups is 1. The van der Waals surface area contributed by atoms with Crippen molar-refractivity contribution >= 4 is 40.1 Å². The van der Waals surface area contributed by atoms with Gasteiger partial charge in [-0.3, -0.25) is 9.98 Å². The summed E-state index contributed by atoms with van der Waals surface area (Å²) in [4.78, 5) is 13.2. The Kier molecular flexibility index (Phi) is 1.73. The zero-order chi connectivity index (χ0) is 9.38. The first-order valence-corrected chi connectivity index (χ1v) is 5.31. The van der Waals surface area contributed by atoms with Gasteiger partial charge in [0.2, 0.25) is 0 Å². The highest BCUT2D eigenvalue weighted by Gasteiger charge is 2.17. The molecule has 2 aliphatic rings. The van der Waals surface area contributed by atoms with E-state index in [1.165, 1.54) is 0 Å². The highest BCUT2D eigenvalue weighted by molar-refractivity contribution is 8.16. The third-order valence-corrected chi connectivity index (χ3v) is 2.92. The third kappa shape index (κ3) is 1.19. The Morgan fingerprint density at radius 2 is 2.00 bits per heavy atom. The van der Waals surface area contributed by atoms with Crippen LogP contribution in [0.1, 0.15) is 0 Å². The number of hydrogen-bond acceptors (Lipinski definition) is 4. The molecule has 4 heteroatoms. The van der Waals surface area contributed by atoms with Gasteiger partial charge in [0, 0.05) is 0 Å². The maximum atomic E-state index is 4.52. The number of fused-ring (bicyclic) bond motifs is 2. The molecular formula is C10H7N3S. The molecule has 0 N–H and O–H groups in total. The standard InChI is InChI=1S/C10H7N3S/c1-2-4-8-7(3-1)11-5-9-10(13-8)14-6-12-9/h1-5H,6H2. The summed E-state index contributed by atoms with van der Waals surface area (Å²) in [6.45, 7) is 0. The minimum atomic E-state index is 0.766. The number of nitrogens with zero attached hydrogens (tertiary/aromatic N) is 3. The number of benzene rings is 1. The highest BCUT2D eigenvalue weighted by Crippen LogP contribution is 2.31. The van der Waals surface area contributed by atoms with Crippen LogP contribution in [-0.2, 0) is 0 Å². The molecule has 0 radical (unpaired) electrons. The van der Waals surface area contributed by atoms with Crippen LogP contribution < -0.4 is 0 Å². The van der Waals surface area contributed by atoms with E-state index in [0.29, 0.717) is 0 Å². The molecule has 0 aliphatic carbocycles. The van der Waals surface area contributed by atoms with Crippen molar-refractivity contribution in [2.45, 2.75) is 0 Å². The molecule has 2 heterocycles.